The topological polar surface area (TPSA) is 70.0 Å². The van der Waals surface area contributed by atoms with Crippen LogP contribution in [0.15, 0.2) is 51.8 Å². The number of nitrogens with one attached hydrogen (secondary N) is 1. The minimum atomic E-state index is -3.71. The molecule has 0 fully saturated rings. The first-order valence-electron chi connectivity index (χ1n) is 5.40. The van der Waals surface area contributed by atoms with Gasteiger partial charge in [-0.2, -0.15) is 5.26 Å². The Morgan fingerprint density at radius 3 is 2.35 bits per heavy atom. The number of anilines is 1. The normalized spacial score (nSPS) is 10.8. The standard InChI is InChI=1S/C13H8BrClN2O2S/c14-12-7-10(15)3-6-13(12)17-20(18,19)11-4-1-9(8-16)2-5-11/h1-7,17H. The molecule has 7 heteroatoms. The number of rotatable bonds is 3. The van der Waals surface area contributed by atoms with E-state index in [1.807, 2.05) is 6.07 Å². The van der Waals surface area contributed by atoms with E-state index < -0.39 is 10.0 Å². The van der Waals surface area contributed by atoms with E-state index in [-0.39, 0.29) is 4.90 Å². The van der Waals surface area contributed by atoms with Crippen LogP contribution < -0.4 is 4.72 Å². The van der Waals surface area contributed by atoms with Crippen LogP contribution in [0, 0.1) is 11.3 Å². The Hall–Kier alpha value is -1.55. The SMILES string of the molecule is N#Cc1ccc(S(=O)(=O)Nc2ccc(Cl)cc2Br)cc1. The van der Waals surface area contributed by atoms with E-state index in [0.717, 1.165) is 0 Å². The summed E-state index contributed by atoms with van der Waals surface area (Å²) < 4.78 is 27.4. The minimum Gasteiger partial charge on any atom is -0.278 e. The molecule has 0 unspecified atom stereocenters. The number of hydrogen-bond acceptors (Lipinski definition) is 3. The van der Waals surface area contributed by atoms with Crippen LogP contribution in [0.3, 0.4) is 0 Å². The second kappa shape index (κ2) is 5.83. The fourth-order valence-electron chi connectivity index (χ4n) is 1.48. The third kappa shape index (κ3) is 3.31. The maximum Gasteiger partial charge on any atom is 0.261 e. The predicted octanol–water partition coefficient (Wildman–Crippen LogP) is 3.77. The zero-order valence-electron chi connectivity index (χ0n) is 9.97. The molecule has 2 rings (SSSR count). The molecule has 0 saturated heterocycles. The Labute approximate surface area is 130 Å². The van der Waals surface area contributed by atoms with E-state index in [1.54, 1.807) is 18.2 Å². The van der Waals surface area contributed by atoms with Crippen molar-refractivity contribution in [3.8, 4) is 6.07 Å². The van der Waals surface area contributed by atoms with Crippen molar-refractivity contribution >= 4 is 43.2 Å². The molecule has 0 atom stereocenters. The summed E-state index contributed by atoms with van der Waals surface area (Å²) in [6, 6.07) is 12.3. The number of halogens is 2. The van der Waals surface area contributed by atoms with Crippen molar-refractivity contribution in [3.05, 3.63) is 57.5 Å². The lowest BCUT2D eigenvalue weighted by Gasteiger charge is -2.10. The Balaban J connectivity index is 2.33. The first-order valence-corrected chi connectivity index (χ1v) is 8.06. The highest BCUT2D eigenvalue weighted by atomic mass is 79.9. The molecule has 0 aliphatic carbocycles. The van der Waals surface area contributed by atoms with E-state index in [1.165, 1.54) is 24.3 Å². The van der Waals surface area contributed by atoms with Crippen LogP contribution in [-0.4, -0.2) is 8.42 Å². The van der Waals surface area contributed by atoms with E-state index in [9.17, 15) is 8.42 Å². The molecule has 0 spiro atoms. The summed E-state index contributed by atoms with van der Waals surface area (Å²) in [5.74, 6) is 0. The second-order valence-corrected chi connectivity index (χ2v) is 6.84. The molecule has 0 radical (unpaired) electrons. The molecular weight excluding hydrogens is 364 g/mol. The summed E-state index contributed by atoms with van der Waals surface area (Å²) in [5.41, 5.74) is 0.787. The van der Waals surface area contributed by atoms with Crippen LogP contribution in [0.5, 0.6) is 0 Å². The van der Waals surface area contributed by atoms with Gasteiger partial charge in [-0.3, -0.25) is 4.72 Å². The summed E-state index contributed by atoms with van der Waals surface area (Å²) in [5, 5.41) is 9.19. The number of hydrogen-bond donors (Lipinski definition) is 1. The van der Waals surface area contributed by atoms with Gasteiger partial charge in [0.15, 0.2) is 0 Å². The monoisotopic (exact) mass is 370 g/mol. The fraction of sp³-hybridized carbons (Fsp3) is 0. The number of nitriles is 1. The van der Waals surface area contributed by atoms with E-state index in [0.29, 0.717) is 20.7 Å². The lowest BCUT2D eigenvalue weighted by molar-refractivity contribution is 0.601. The third-order valence-corrected chi connectivity index (χ3v) is 4.74. The van der Waals surface area contributed by atoms with Crippen LogP contribution in [0.1, 0.15) is 5.56 Å². The van der Waals surface area contributed by atoms with Crippen LogP contribution in [0.25, 0.3) is 0 Å². The number of sulfonamides is 1. The van der Waals surface area contributed by atoms with Crippen molar-refractivity contribution in [2.24, 2.45) is 0 Å². The maximum atomic E-state index is 12.2. The van der Waals surface area contributed by atoms with Gasteiger partial charge in [-0.05, 0) is 58.4 Å². The quantitative estimate of drug-likeness (QED) is 0.892. The molecule has 2 aromatic carbocycles. The summed E-state index contributed by atoms with van der Waals surface area (Å²) in [7, 11) is -3.71. The molecule has 0 aliphatic rings. The third-order valence-electron chi connectivity index (χ3n) is 2.47. The highest BCUT2D eigenvalue weighted by Crippen LogP contribution is 2.28. The average Bonchev–Trinajstić information content (AvgIpc) is 2.42. The van der Waals surface area contributed by atoms with E-state index >= 15 is 0 Å². The Morgan fingerprint density at radius 1 is 1.15 bits per heavy atom. The smallest absolute Gasteiger partial charge is 0.261 e. The van der Waals surface area contributed by atoms with Gasteiger partial charge in [0.05, 0.1) is 22.2 Å². The van der Waals surface area contributed by atoms with Gasteiger partial charge in [-0.25, -0.2) is 8.42 Å². The second-order valence-electron chi connectivity index (χ2n) is 3.87. The largest absolute Gasteiger partial charge is 0.278 e. The van der Waals surface area contributed by atoms with Crippen molar-refractivity contribution in [2.45, 2.75) is 4.90 Å². The van der Waals surface area contributed by atoms with Gasteiger partial charge in [0.2, 0.25) is 0 Å². The molecule has 4 nitrogen and oxygen atoms in total. The highest BCUT2D eigenvalue weighted by Gasteiger charge is 2.15. The molecule has 0 saturated carbocycles. The molecule has 0 bridgehead atoms. The molecule has 0 aliphatic heterocycles. The van der Waals surface area contributed by atoms with Crippen LogP contribution in [0.4, 0.5) is 5.69 Å². The van der Waals surface area contributed by atoms with Gasteiger partial charge in [-0.15, -0.1) is 0 Å². The van der Waals surface area contributed by atoms with Crippen molar-refractivity contribution in [1.82, 2.24) is 0 Å². The minimum absolute atomic E-state index is 0.0818. The highest BCUT2D eigenvalue weighted by molar-refractivity contribution is 9.10. The van der Waals surface area contributed by atoms with Crippen molar-refractivity contribution in [1.29, 1.82) is 5.26 Å². The molecule has 20 heavy (non-hydrogen) atoms. The molecule has 1 N–H and O–H groups in total. The maximum absolute atomic E-state index is 12.2. The van der Waals surface area contributed by atoms with Gasteiger partial charge in [0, 0.05) is 9.50 Å². The number of nitrogens with zero attached hydrogens (tertiary/aromatic N) is 1. The summed E-state index contributed by atoms with van der Waals surface area (Å²) >= 11 is 9.04. The molecule has 0 amide bonds. The summed E-state index contributed by atoms with van der Waals surface area (Å²) in [4.78, 5) is 0.0818. The van der Waals surface area contributed by atoms with Crippen LogP contribution in [0.2, 0.25) is 5.02 Å². The fourth-order valence-corrected chi connectivity index (χ4v) is 3.48. The Bertz CT molecular complexity index is 783. The van der Waals surface area contributed by atoms with Crippen molar-refractivity contribution in [2.75, 3.05) is 4.72 Å². The molecule has 2 aromatic rings. The Kier molecular flexibility index (Phi) is 4.33. The molecule has 0 heterocycles. The van der Waals surface area contributed by atoms with Crippen molar-refractivity contribution in [3.63, 3.8) is 0 Å². The lowest BCUT2D eigenvalue weighted by Crippen LogP contribution is -2.13. The lowest BCUT2D eigenvalue weighted by atomic mass is 10.2. The number of benzene rings is 2. The first-order chi connectivity index (χ1) is 9.42. The summed E-state index contributed by atoms with van der Waals surface area (Å²) in [6.07, 6.45) is 0. The Morgan fingerprint density at radius 2 is 1.80 bits per heavy atom. The zero-order valence-corrected chi connectivity index (χ0v) is 13.1. The first kappa shape index (κ1) is 14.9. The summed E-state index contributed by atoms with van der Waals surface area (Å²) in [6.45, 7) is 0. The van der Waals surface area contributed by atoms with Gasteiger partial charge < -0.3 is 0 Å². The van der Waals surface area contributed by atoms with Gasteiger partial charge in [0.1, 0.15) is 0 Å². The van der Waals surface area contributed by atoms with E-state index in [4.69, 9.17) is 16.9 Å². The van der Waals surface area contributed by atoms with E-state index in [2.05, 4.69) is 20.7 Å². The van der Waals surface area contributed by atoms with Gasteiger partial charge in [0.25, 0.3) is 10.0 Å². The van der Waals surface area contributed by atoms with Crippen LogP contribution >= 0.6 is 27.5 Å². The van der Waals surface area contributed by atoms with Crippen molar-refractivity contribution < 1.29 is 8.42 Å². The molecule has 102 valence electrons. The van der Waals surface area contributed by atoms with Gasteiger partial charge >= 0.3 is 0 Å². The average molecular weight is 372 g/mol. The predicted molar refractivity (Wildman–Crippen MR) is 81.1 cm³/mol. The molecule has 0 aromatic heterocycles. The van der Waals surface area contributed by atoms with Crippen LogP contribution in [-0.2, 0) is 10.0 Å². The molecular formula is C13H8BrClN2O2S. The zero-order chi connectivity index (χ0) is 14.8. The van der Waals surface area contributed by atoms with Gasteiger partial charge in [-0.1, -0.05) is 11.6 Å².